The van der Waals surface area contributed by atoms with Gasteiger partial charge in [-0.2, -0.15) is 0 Å². The van der Waals surface area contributed by atoms with E-state index < -0.39 is 0 Å². The Morgan fingerprint density at radius 1 is 1.02 bits per heavy atom. The van der Waals surface area contributed by atoms with Crippen molar-refractivity contribution in [2.75, 3.05) is 33.9 Å². The predicted octanol–water partition coefficient (Wildman–Crippen LogP) is 3.25. The number of rotatable bonds is 4. The van der Waals surface area contributed by atoms with Crippen molar-refractivity contribution in [2.24, 2.45) is 0 Å². The first-order valence-electron chi connectivity index (χ1n) is 13.9. The molecular weight excluding hydrogens is 542 g/mol. The van der Waals surface area contributed by atoms with Crippen LogP contribution in [0.25, 0.3) is 0 Å². The molecule has 222 valence electrons. The fourth-order valence-corrected chi connectivity index (χ4v) is 5.12. The van der Waals surface area contributed by atoms with Crippen molar-refractivity contribution in [2.45, 2.75) is 44.6 Å². The van der Waals surface area contributed by atoms with Gasteiger partial charge in [-0.15, -0.1) is 0 Å². The van der Waals surface area contributed by atoms with Crippen molar-refractivity contribution >= 4 is 11.8 Å². The van der Waals surface area contributed by atoms with E-state index in [1.807, 2.05) is 24.3 Å². The van der Waals surface area contributed by atoms with Crippen molar-refractivity contribution in [3.8, 4) is 23.0 Å². The molecule has 0 spiro atoms. The Balaban J connectivity index is 1.33. The summed E-state index contributed by atoms with van der Waals surface area (Å²) in [6.07, 6.45) is 2.47. The quantitative estimate of drug-likeness (QED) is 0.480. The summed E-state index contributed by atoms with van der Waals surface area (Å²) in [6.45, 7) is 2.28. The first kappa shape index (κ1) is 29.2. The normalized spacial score (nSPS) is 20.1. The lowest BCUT2D eigenvalue weighted by atomic mass is 10.0. The van der Waals surface area contributed by atoms with Gasteiger partial charge in [0.1, 0.15) is 29.3 Å². The number of methoxy groups -OCH3 is 2. The van der Waals surface area contributed by atoms with Crippen molar-refractivity contribution < 1.29 is 33.0 Å². The zero-order chi connectivity index (χ0) is 29.5. The minimum Gasteiger partial charge on any atom is -0.497 e. The molecule has 0 radical (unpaired) electrons. The van der Waals surface area contributed by atoms with Gasteiger partial charge in [-0.3, -0.25) is 19.3 Å². The number of hydrogen-bond donors (Lipinski definition) is 2. The second kappa shape index (κ2) is 13.5. The van der Waals surface area contributed by atoms with Crippen LogP contribution in [-0.2, 0) is 22.7 Å². The molecule has 2 amide bonds. The number of amides is 2. The van der Waals surface area contributed by atoms with Gasteiger partial charge in [-0.25, -0.2) is 0 Å². The van der Waals surface area contributed by atoms with Gasteiger partial charge in [-0.1, -0.05) is 12.1 Å². The van der Waals surface area contributed by atoms with E-state index in [0.717, 1.165) is 5.56 Å². The van der Waals surface area contributed by atoms with Crippen LogP contribution in [0.2, 0.25) is 0 Å². The summed E-state index contributed by atoms with van der Waals surface area (Å²) in [5.41, 5.74) is 1.06. The number of fused-ring (bicyclic) bond motifs is 5. The van der Waals surface area contributed by atoms with E-state index in [1.54, 1.807) is 18.2 Å². The van der Waals surface area contributed by atoms with E-state index in [0.29, 0.717) is 74.2 Å². The number of carbonyl (C=O) groups excluding carboxylic acids is 2. The number of nitrogens with one attached hydrogen (secondary N) is 2. The molecule has 3 aromatic rings. The Morgan fingerprint density at radius 3 is 2.71 bits per heavy atom. The lowest BCUT2D eigenvalue weighted by molar-refractivity contribution is -0.124. The fraction of sp³-hybridized carbons (Fsp3) is 0.387. The van der Waals surface area contributed by atoms with Gasteiger partial charge in [0, 0.05) is 43.8 Å². The van der Waals surface area contributed by atoms with E-state index in [-0.39, 0.29) is 41.6 Å². The summed E-state index contributed by atoms with van der Waals surface area (Å²) >= 11 is 0. The monoisotopic (exact) mass is 577 g/mol. The van der Waals surface area contributed by atoms with Crippen molar-refractivity contribution in [3.05, 3.63) is 81.9 Å². The second-order valence-electron chi connectivity index (χ2n) is 10.3. The number of ether oxygens (including phenoxy) is 4. The summed E-state index contributed by atoms with van der Waals surface area (Å²) in [4.78, 5) is 40.1. The van der Waals surface area contributed by atoms with Crippen molar-refractivity contribution in [1.82, 2.24) is 15.5 Å². The Hall–Kier alpha value is -4.35. The van der Waals surface area contributed by atoms with Crippen molar-refractivity contribution in [1.29, 1.82) is 0 Å². The molecule has 4 bridgehead atoms. The molecular formula is C31H35N3O8. The molecule has 42 heavy (non-hydrogen) atoms. The van der Waals surface area contributed by atoms with Crippen LogP contribution in [-0.4, -0.2) is 62.7 Å². The molecule has 2 aliphatic heterocycles. The average Bonchev–Trinajstić information content (AvgIpc) is 2.98. The maximum atomic E-state index is 13.0. The Bertz CT molecular complexity index is 1470. The predicted molar refractivity (Wildman–Crippen MR) is 153 cm³/mol. The number of carbonyl (C=O) groups is 2. The van der Waals surface area contributed by atoms with Gasteiger partial charge < -0.3 is 34.0 Å². The number of nitrogens with zero attached hydrogens (tertiary/aromatic N) is 1. The summed E-state index contributed by atoms with van der Waals surface area (Å²) in [5, 5.41) is 6.00. The lowest BCUT2D eigenvalue weighted by Gasteiger charge is -2.38. The fourth-order valence-electron chi connectivity index (χ4n) is 5.12. The van der Waals surface area contributed by atoms with Crippen LogP contribution in [0.5, 0.6) is 23.0 Å². The minimum absolute atomic E-state index is 0.124. The highest BCUT2D eigenvalue weighted by Gasteiger charge is 2.31. The van der Waals surface area contributed by atoms with Gasteiger partial charge >= 0.3 is 0 Å². The second-order valence-corrected chi connectivity index (χ2v) is 10.3. The minimum atomic E-state index is -0.282. The van der Waals surface area contributed by atoms with Crippen LogP contribution in [0.3, 0.4) is 0 Å². The molecule has 5 rings (SSSR count). The number of hydrogen-bond acceptors (Lipinski definition) is 9. The van der Waals surface area contributed by atoms with Gasteiger partial charge in [0.2, 0.25) is 17.1 Å². The molecule has 1 saturated heterocycles. The largest absolute Gasteiger partial charge is 0.497 e. The van der Waals surface area contributed by atoms with Gasteiger partial charge in [0.15, 0.2) is 0 Å². The van der Waals surface area contributed by atoms with E-state index in [2.05, 4.69) is 15.5 Å². The van der Waals surface area contributed by atoms with Crippen molar-refractivity contribution in [3.63, 3.8) is 0 Å². The van der Waals surface area contributed by atoms with Gasteiger partial charge in [-0.05, 0) is 42.7 Å². The van der Waals surface area contributed by atoms with E-state index in [4.69, 9.17) is 23.4 Å². The van der Waals surface area contributed by atoms with E-state index in [9.17, 15) is 14.4 Å². The molecule has 1 fully saturated rings. The average molecular weight is 578 g/mol. The zero-order valence-corrected chi connectivity index (χ0v) is 23.7. The number of piperidine rings is 1. The molecule has 0 aliphatic carbocycles. The zero-order valence-electron chi connectivity index (χ0n) is 23.7. The highest BCUT2D eigenvalue weighted by molar-refractivity contribution is 5.95. The Morgan fingerprint density at radius 2 is 1.90 bits per heavy atom. The third-order valence-corrected chi connectivity index (χ3v) is 7.27. The first-order chi connectivity index (χ1) is 20.4. The van der Waals surface area contributed by atoms with Crippen LogP contribution in [0.15, 0.2) is 64.0 Å². The molecule has 11 nitrogen and oxygen atoms in total. The summed E-state index contributed by atoms with van der Waals surface area (Å²) in [5.74, 6) is 1.83. The third-order valence-electron chi connectivity index (χ3n) is 7.27. The summed E-state index contributed by atoms with van der Waals surface area (Å²) < 4.78 is 28.4. The molecule has 2 aromatic carbocycles. The summed E-state index contributed by atoms with van der Waals surface area (Å²) in [7, 11) is 2.95. The molecule has 0 saturated carbocycles. The van der Waals surface area contributed by atoms with Crippen LogP contribution in [0.1, 0.15) is 40.9 Å². The SMILES string of the molecule is COc1cc2cc(c1)C(=O)NCCCC(=O)N[C@H]1CN(Cc3cc(=O)c(OC)co3)CC[C@@H]1OCc1cccc(c1)O2. The third kappa shape index (κ3) is 7.48. The highest BCUT2D eigenvalue weighted by Crippen LogP contribution is 2.29. The Labute approximate surface area is 243 Å². The highest BCUT2D eigenvalue weighted by atomic mass is 16.5. The van der Waals surface area contributed by atoms with E-state index in [1.165, 1.54) is 26.5 Å². The van der Waals surface area contributed by atoms with Crippen LogP contribution in [0, 0.1) is 0 Å². The van der Waals surface area contributed by atoms with Gasteiger partial charge in [0.25, 0.3) is 5.91 Å². The number of likely N-dealkylation sites (tertiary alicyclic amines) is 1. The number of benzene rings is 2. The standard InChI is InChI=1S/C31H35N3O8/c1-38-23-12-21-13-24(14-23)42-22-6-3-5-20(11-22)18-41-28-8-10-34(16-25-15-27(35)29(39-2)19-40-25)17-26(28)33-30(36)7-4-9-32-31(21)37/h3,5-6,11-15,19,26,28H,4,7-10,16-18H2,1-2H3,(H,32,37)(H,33,36)/t26-,28-/m0/s1. The maximum Gasteiger partial charge on any atom is 0.251 e. The molecule has 1 aromatic heterocycles. The van der Waals surface area contributed by atoms with Crippen LogP contribution >= 0.6 is 0 Å². The lowest BCUT2D eigenvalue weighted by Crippen LogP contribution is -2.55. The molecule has 2 atom stereocenters. The smallest absolute Gasteiger partial charge is 0.251 e. The topological polar surface area (TPSA) is 129 Å². The molecule has 11 heteroatoms. The van der Waals surface area contributed by atoms with Crippen LogP contribution in [0.4, 0.5) is 0 Å². The summed E-state index contributed by atoms with van der Waals surface area (Å²) in [6, 6.07) is 13.7. The van der Waals surface area contributed by atoms with Gasteiger partial charge in [0.05, 0.1) is 39.5 Å². The molecule has 0 unspecified atom stereocenters. The molecule has 2 aliphatic rings. The van der Waals surface area contributed by atoms with Crippen LogP contribution < -0.4 is 30.3 Å². The Kier molecular flexibility index (Phi) is 9.40. The van der Waals surface area contributed by atoms with E-state index >= 15 is 0 Å². The maximum absolute atomic E-state index is 13.0. The molecule has 3 heterocycles. The molecule has 2 N–H and O–H groups in total. The first-order valence-corrected chi connectivity index (χ1v) is 13.9.